The minimum atomic E-state index is -4.97. The largest absolute Gasteiger partial charge is 0.472 e. The zero-order valence-electron chi connectivity index (χ0n) is 71.7. The quantitative estimate of drug-likeness (QED) is 0.0222. The standard InChI is InChI=1S/C90H176O17P2/c1-6-9-12-15-18-21-24-27-29-30-31-32-33-37-41-44-49-54-59-64-69-74-88(93)101-80-86(107-90(95)76-71-66-61-56-51-46-42-38-35-34-36-40-43-47-52-57-62-67-72-83(4)5)82-105-109(98,99)103-78-84(91)77-102-108(96,97)104-81-85(79-100-87(92)73-68-63-58-53-48-26-23-20-17-14-11-8-3)106-89(94)75-70-65-60-55-50-45-39-28-25-22-19-16-13-10-7-2/h83-86,91H,6-82H2,1-5H3,(H,96,97)(H,98,99)/t84-,85+,86+/m0/s1. The topological polar surface area (TPSA) is 237 Å². The van der Waals surface area contributed by atoms with Crippen LogP contribution in [0.4, 0.5) is 0 Å². The third-order valence-electron chi connectivity index (χ3n) is 21.3. The van der Waals surface area contributed by atoms with Crippen molar-refractivity contribution in [1.29, 1.82) is 0 Å². The van der Waals surface area contributed by atoms with Gasteiger partial charge in [-0.1, -0.05) is 439 Å². The van der Waals surface area contributed by atoms with Gasteiger partial charge < -0.3 is 33.8 Å². The third kappa shape index (κ3) is 83.8. The average Bonchev–Trinajstić information content (AvgIpc) is 0.913. The Kier molecular flexibility index (Phi) is 81.1. The maximum atomic E-state index is 13.2. The predicted octanol–water partition coefficient (Wildman–Crippen LogP) is 27.9. The van der Waals surface area contributed by atoms with Crippen LogP contribution in [0.5, 0.6) is 0 Å². The summed E-state index contributed by atoms with van der Waals surface area (Å²) >= 11 is 0. The number of aliphatic hydroxyl groups is 1. The summed E-state index contributed by atoms with van der Waals surface area (Å²) in [5, 5.41) is 10.7. The molecule has 17 nitrogen and oxygen atoms in total. The van der Waals surface area contributed by atoms with Gasteiger partial charge in [0.15, 0.2) is 12.2 Å². The Morgan fingerprint density at radius 3 is 0.624 bits per heavy atom. The lowest BCUT2D eigenvalue weighted by Crippen LogP contribution is -2.30. The van der Waals surface area contributed by atoms with Crippen molar-refractivity contribution in [3.05, 3.63) is 0 Å². The average molecular weight is 1590 g/mol. The number of carbonyl (C=O) groups excluding carboxylic acids is 4. The van der Waals surface area contributed by atoms with Gasteiger partial charge in [0.25, 0.3) is 0 Å². The molecule has 0 saturated carbocycles. The number of aliphatic hydroxyl groups excluding tert-OH is 1. The fourth-order valence-corrected chi connectivity index (χ4v) is 15.8. The smallest absolute Gasteiger partial charge is 0.462 e. The predicted molar refractivity (Wildman–Crippen MR) is 451 cm³/mol. The van der Waals surface area contributed by atoms with Crippen molar-refractivity contribution in [3.8, 4) is 0 Å². The van der Waals surface area contributed by atoms with Crippen LogP contribution in [-0.4, -0.2) is 96.7 Å². The summed E-state index contributed by atoms with van der Waals surface area (Å²) in [7, 11) is -9.93. The number of carbonyl (C=O) groups is 4. The molecule has 0 aromatic carbocycles. The molecule has 0 fully saturated rings. The van der Waals surface area contributed by atoms with E-state index < -0.39 is 97.5 Å². The second-order valence-electron chi connectivity index (χ2n) is 32.8. The van der Waals surface area contributed by atoms with Crippen molar-refractivity contribution in [2.24, 2.45) is 5.92 Å². The van der Waals surface area contributed by atoms with Gasteiger partial charge >= 0.3 is 39.5 Å². The molecule has 5 atom stereocenters. The molecule has 0 aliphatic carbocycles. The van der Waals surface area contributed by atoms with Crippen LogP contribution >= 0.6 is 15.6 Å². The highest BCUT2D eigenvalue weighted by Gasteiger charge is 2.31. The summed E-state index contributed by atoms with van der Waals surface area (Å²) in [6, 6.07) is 0. The van der Waals surface area contributed by atoms with E-state index in [1.54, 1.807) is 0 Å². The van der Waals surface area contributed by atoms with Gasteiger partial charge in [0.2, 0.25) is 0 Å². The number of esters is 4. The van der Waals surface area contributed by atoms with E-state index in [0.29, 0.717) is 25.7 Å². The minimum absolute atomic E-state index is 0.109. The van der Waals surface area contributed by atoms with Gasteiger partial charge in [0, 0.05) is 25.7 Å². The van der Waals surface area contributed by atoms with Crippen LogP contribution in [0.3, 0.4) is 0 Å². The number of unbranched alkanes of at least 4 members (excludes halogenated alkanes) is 62. The van der Waals surface area contributed by atoms with E-state index >= 15 is 0 Å². The molecular weight excluding hydrogens is 1410 g/mol. The van der Waals surface area contributed by atoms with Crippen LogP contribution < -0.4 is 0 Å². The van der Waals surface area contributed by atoms with Gasteiger partial charge in [-0.05, 0) is 31.6 Å². The summed E-state index contributed by atoms with van der Waals surface area (Å²) in [5.41, 5.74) is 0. The van der Waals surface area contributed by atoms with E-state index in [1.807, 2.05) is 0 Å². The molecule has 648 valence electrons. The molecule has 0 amide bonds. The number of phosphoric acid groups is 2. The first-order valence-corrected chi connectivity index (χ1v) is 49.6. The summed E-state index contributed by atoms with van der Waals surface area (Å²) in [4.78, 5) is 73.4. The first-order valence-electron chi connectivity index (χ1n) is 46.6. The molecule has 0 radical (unpaired) electrons. The van der Waals surface area contributed by atoms with Gasteiger partial charge in [0.05, 0.1) is 26.4 Å². The second kappa shape index (κ2) is 82.6. The van der Waals surface area contributed by atoms with E-state index in [4.69, 9.17) is 37.0 Å². The maximum Gasteiger partial charge on any atom is 0.472 e. The van der Waals surface area contributed by atoms with Crippen LogP contribution in [0.25, 0.3) is 0 Å². The first-order chi connectivity index (χ1) is 53.0. The highest BCUT2D eigenvalue weighted by Crippen LogP contribution is 2.45. The van der Waals surface area contributed by atoms with Crippen molar-refractivity contribution in [2.75, 3.05) is 39.6 Å². The number of hydrogen-bond acceptors (Lipinski definition) is 15. The number of phosphoric ester groups is 2. The molecule has 0 heterocycles. The molecule has 109 heavy (non-hydrogen) atoms. The molecule has 0 aliphatic rings. The Bertz CT molecular complexity index is 2070. The van der Waals surface area contributed by atoms with E-state index in [0.717, 1.165) is 95.8 Å². The monoisotopic (exact) mass is 1590 g/mol. The maximum absolute atomic E-state index is 13.2. The molecule has 0 aromatic heterocycles. The zero-order valence-corrected chi connectivity index (χ0v) is 73.5. The van der Waals surface area contributed by atoms with Gasteiger partial charge in [-0.2, -0.15) is 0 Å². The highest BCUT2D eigenvalue weighted by molar-refractivity contribution is 7.47. The van der Waals surface area contributed by atoms with Gasteiger partial charge in [-0.25, -0.2) is 9.13 Å². The highest BCUT2D eigenvalue weighted by atomic mass is 31.2. The zero-order chi connectivity index (χ0) is 79.7. The van der Waals surface area contributed by atoms with Crippen LogP contribution in [0.1, 0.15) is 490 Å². The lowest BCUT2D eigenvalue weighted by Gasteiger charge is -2.21. The molecule has 0 bridgehead atoms. The van der Waals surface area contributed by atoms with Gasteiger partial charge in [-0.3, -0.25) is 37.3 Å². The van der Waals surface area contributed by atoms with E-state index in [9.17, 15) is 43.2 Å². The SMILES string of the molecule is CCCCCCCCCCCCCCCCCCCCCCCC(=O)OC[C@H](COP(=O)(O)OC[C@@H](O)COP(=O)(O)OC[C@@H](COC(=O)CCCCCCCCCCCCCC)OC(=O)CCCCCCCCCCCCCCCCC)OC(=O)CCCCCCCCCCCCCCCCCCCCC(C)C. The first kappa shape index (κ1) is 107. The Balaban J connectivity index is 5.23. The lowest BCUT2D eigenvalue weighted by atomic mass is 10.0. The van der Waals surface area contributed by atoms with Crippen LogP contribution in [0.2, 0.25) is 0 Å². The summed E-state index contributed by atoms with van der Waals surface area (Å²) in [6.07, 6.45) is 77.8. The van der Waals surface area contributed by atoms with E-state index in [1.165, 1.54) is 315 Å². The minimum Gasteiger partial charge on any atom is -0.462 e. The molecule has 2 unspecified atom stereocenters. The van der Waals surface area contributed by atoms with Gasteiger partial charge in [-0.15, -0.1) is 0 Å². The normalized spacial score (nSPS) is 13.7. The molecule has 3 N–H and O–H groups in total. The fraction of sp³-hybridized carbons (Fsp3) is 0.956. The van der Waals surface area contributed by atoms with Crippen molar-refractivity contribution in [1.82, 2.24) is 0 Å². The molecule has 0 rings (SSSR count). The Morgan fingerprint density at radius 2 is 0.422 bits per heavy atom. The molecule has 0 aromatic rings. The summed E-state index contributed by atoms with van der Waals surface area (Å²) in [5.74, 6) is -1.27. The third-order valence-corrected chi connectivity index (χ3v) is 23.2. The summed E-state index contributed by atoms with van der Waals surface area (Å²) < 4.78 is 69.0. The van der Waals surface area contributed by atoms with E-state index in [-0.39, 0.29) is 25.7 Å². The van der Waals surface area contributed by atoms with Crippen LogP contribution in [-0.2, 0) is 65.4 Å². The van der Waals surface area contributed by atoms with Crippen molar-refractivity contribution in [3.63, 3.8) is 0 Å². The Labute approximate surface area is 670 Å². The molecule has 0 saturated heterocycles. The van der Waals surface area contributed by atoms with Crippen molar-refractivity contribution in [2.45, 2.75) is 509 Å². The number of hydrogen-bond donors (Lipinski definition) is 3. The van der Waals surface area contributed by atoms with Crippen LogP contribution in [0.15, 0.2) is 0 Å². The number of rotatable bonds is 90. The molecule has 0 spiro atoms. The van der Waals surface area contributed by atoms with Gasteiger partial charge in [0.1, 0.15) is 19.3 Å². The van der Waals surface area contributed by atoms with Crippen molar-refractivity contribution < 1.29 is 80.2 Å². The van der Waals surface area contributed by atoms with Crippen LogP contribution in [0, 0.1) is 5.92 Å². The Morgan fingerprint density at radius 1 is 0.248 bits per heavy atom. The molecule has 0 aliphatic heterocycles. The molecular formula is C90H176O17P2. The second-order valence-corrected chi connectivity index (χ2v) is 35.7. The lowest BCUT2D eigenvalue weighted by molar-refractivity contribution is -0.161. The van der Waals surface area contributed by atoms with E-state index in [2.05, 4.69) is 34.6 Å². The Hall–Kier alpha value is -1.94. The fourth-order valence-electron chi connectivity index (χ4n) is 14.2. The summed E-state index contributed by atoms with van der Waals surface area (Å²) in [6.45, 7) is 7.43. The molecule has 19 heteroatoms. The number of ether oxygens (including phenoxy) is 4. The van der Waals surface area contributed by atoms with Crippen molar-refractivity contribution >= 4 is 39.5 Å².